The van der Waals surface area contributed by atoms with Crippen LogP contribution >= 0.6 is 11.6 Å². The highest BCUT2D eigenvalue weighted by Crippen LogP contribution is 2.40. The Bertz CT molecular complexity index is 749. The first-order valence-electron chi connectivity index (χ1n) is 8.46. The summed E-state index contributed by atoms with van der Waals surface area (Å²) < 4.78 is 1.73. The second-order valence-corrected chi connectivity index (χ2v) is 6.86. The van der Waals surface area contributed by atoms with Crippen molar-refractivity contribution in [3.63, 3.8) is 0 Å². The van der Waals surface area contributed by atoms with E-state index >= 15 is 0 Å². The van der Waals surface area contributed by atoms with Gasteiger partial charge in [-0.1, -0.05) is 23.7 Å². The Balaban J connectivity index is 1.61. The topological polar surface area (TPSA) is 71.8 Å². The second kappa shape index (κ2) is 6.53. The number of piperidine rings is 1. The van der Waals surface area contributed by atoms with Gasteiger partial charge in [-0.25, -0.2) is 9.67 Å². The van der Waals surface area contributed by atoms with E-state index in [4.69, 9.17) is 11.6 Å². The molecule has 1 aromatic heterocycles. The number of benzene rings is 1. The van der Waals surface area contributed by atoms with Crippen molar-refractivity contribution < 1.29 is 4.79 Å². The zero-order valence-corrected chi connectivity index (χ0v) is 14.1. The molecule has 6 nitrogen and oxygen atoms in total. The second-order valence-electron chi connectivity index (χ2n) is 6.45. The van der Waals surface area contributed by atoms with Crippen LogP contribution in [0.1, 0.15) is 48.0 Å². The van der Waals surface area contributed by atoms with Gasteiger partial charge in [-0.15, -0.1) is 5.10 Å². The van der Waals surface area contributed by atoms with E-state index in [1.165, 1.54) is 0 Å². The van der Waals surface area contributed by atoms with Crippen molar-refractivity contribution >= 4 is 17.5 Å². The molecule has 24 heavy (non-hydrogen) atoms. The molecule has 1 saturated heterocycles. The van der Waals surface area contributed by atoms with Crippen molar-refractivity contribution in [2.75, 3.05) is 13.1 Å². The van der Waals surface area contributed by atoms with Crippen molar-refractivity contribution in [3.05, 3.63) is 40.9 Å². The molecule has 2 heterocycles. The largest absolute Gasteiger partial charge is 0.345 e. The van der Waals surface area contributed by atoms with E-state index < -0.39 is 0 Å². The monoisotopic (exact) mass is 345 g/mol. The van der Waals surface area contributed by atoms with E-state index in [9.17, 15) is 4.79 Å². The van der Waals surface area contributed by atoms with E-state index in [0.29, 0.717) is 10.9 Å². The van der Waals surface area contributed by atoms with Gasteiger partial charge in [-0.05, 0) is 44.4 Å². The summed E-state index contributed by atoms with van der Waals surface area (Å²) in [5.74, 6) is 1.21. The number of halogens is 1. The normalized spacial score (nSPS) is 20.8. The van der Waals surface area contributed by atoms with Crippen LogP contribution in [0.2, 0.25) is 5.02 Å². The quantitative estimate of drug-likeness (QED) is 0.891. The van der Waals surface area contributed by atoms with Crippen LogP contribution < -0.4 is 10.6 Å². The number of hydrogen-bond donors (Lipinski definition) is 2. The molecule has 1 aromatic carbocycles. The fourth-order valence-electron chi connectivity index (χ4n) is 3.05. The van der Waals surface area contributed by atoms with Gasteiger partial charge in [0.25, 0.3) is 5.91 Å². The molecule has 2 aliphatic rings. The molecule has 0 bridgehead atoms. The summed E-state index contributed by atoms with van der Waals surface area (Å²) in [6.45, 7) is 1.81. The summed E-state index contributed by atoms with van der Waals surface area (Å²) in [5.41, 5.74) is 0.770. The lowest BCUT2D eigenvalue weighted by Gasteiger charge is -2.23. The van der Waals surface area contributed by atoms with Crippen LogP contribution in [0.15, 0.2) is 24.3 Å². The fourth-order valence-corrected chi connectivity index (χ4v) is 3.27. The van der Waals surface area contributed by atoms with E-state index in [2.05, 4.69) is 20.7 Å². The van der Waals surface area contributed by atoms with Crippen molar-refractivity contribution in [1.82, 2.24) is 25.4 Å². The van der Waals surface area contributed by atoms with E-state index in [1.807, 2.05) is 24.3 Å². The Morgan fingerprint density at radius 3 is 2.83 bits per heavy atom. The van der Waals surface area contributed by atoms with Crippen molar-refractivity contribution in [2.45, 2.75) is 37.6 Å². The standard InChI is InChI=1S/C17H20ClN5O/c18-13-5-1-2-6-14(13)23-16(11-7-8-11)21-15(22-23)17(24)20-12-4-3-9-19-10-12/h1-2,5-6,11-12,19H,3-4,7-10H2,(H,20,24). The zero-order valence-electron chi connectivity index (χ0n) is 13.3. The molecule has 1 aliphatic heterocycles. The minimum absolute atomic E-state index is 0.142. The summed E-state index contributed by atoms with van der Waals surface area (Å²) >= 11 is 6.30. The van der Waals surface area contributed by atoms with Crippen LogP contribution in [0.3, 0.4) is 0 Å². The molecule has 2 N–H and O–H groups in total. The molecular weight excluding hydrogens is 326 g/mol. The first-order valence-corrected chi connectivity index (χ1v) is 8.83. The van der Waals surface area contributed by atoms with Crippen LogP contribution in [0.4, 0.5) is 0 Å². The van der Waals surface area contributed by atoms with Gasteiger partial charge in [0.15, 0.2) is 0 Å². The molecule has 4 rings (SSSR count). The van der Waals surface area contributed by atoms with Gasteiger partial charge in [0.05, 0.1) is 10.7 Å². The third kappa shape index (κ3) is 3.16. The molecule has 126 valence electrons. The predicted molar refractivity (Wildman–Crippen MR) is 91.7 cm³/mol. The van der Waals surface area contributed by atoms with Gasteiger partial charge in [-0.2, -0.15) is 0 Å². The Kier molecular flexibility index (Phi) is 4.24. The lowest BCUT2D eigenvalue weighted by atomic mass is 10.1. The lowest BCUT2D eigenvalue weighted by Crippen LogP contribution is -2.45. The SMILES string of the molecule is O=C(NC1CCCNC1)c1nc(C2CC2)n(-c2ccccc2Cl)n1. The van der Waals surface area contributed by atoms with Crippen LogP contribution in [0.5, 0.6) is 0 Å². The molecule has 7 heteroatoms. The minimum atomic E-state index is -0.212. The number of aromatic nitrogens is 3. The minimum Gasteiger partial charge on any atom is -0.345 e. The maximum absolute atomic E-state index is 12.5. The average Bonchev–Trinajstić information content (AvgIpc) is 3.35. The van der Waals surface area contributed by atoms with Crippen LogP contribution in [-0.4, -0.2) is 39.8 Å². The van der Waals surface area contributed by atoms with Gasteiger partial charge in [0, 0.05) is 18.5 Å². The van der Waals surface area contributed by atoms with Crippen LogP contribution in [0, 0.1) is 0 Å². The fraction of sp³-hybridized carbons (Fsp3) is 0.471. The average molecular weight is 346 g/mol. The molecule has 0 spiro atoms. The molecular formula is C17H20ClN5O. The highest BCUT2D eigenvalue weighted by atomic mass is 35.5. The zero-order chi connectivity index (χ0) is 16.5. The van der Waals surface area contributed by atoms with Crippen molar-refractivity contribution in [3.8, 4) is 5.69 Å². The third-order valence-corrected chi connectivity index (χ3v) is 4.81. The summed E-state index contributed by atoms with van der Waals surface area (Å²) in [4.78, 5) is 17.0. The van der Waals surface area contributed by atoms with Gasteiger partial charge >= 0.3 is 0 Å². The van der Waals surface area contributed by atoms with Crippen LogP contribution in [0.25, 0.3) is 5.69 Å². The van der Waals surface area contributed by atoms with E-state index in [-0.39, 0.29) is 17.8 Å². The van der Waals surface area contributed by atoms with Crippen molar-refractivity contribution in [1.29, 1.82) is 0 Å². The smallest absolute Gasteiger partial charge is 0.291 e. The number of carbonyl (C=O) groups excluding carboxylic acids is 1. The summed E-state index contributed by atoms with van der Waals surface area (Å²) in [7, 11) is 0. The number of hydrogen-bond acceptors (Lipinski definition) is 4. The number of rotatable bonds is 4. The number of nitrogens with zero attached hydrogens (tertiary/aromatic N) is 3. The summed E-state index contributed by atoms with van der Waals surface area (Å²) in [6, 6.07) is 7.65. The van der Waals surface area contributed by atoms with Crippen LogP contribution in [-0.2, 0) is 0 Å². The summed E-state index contributed by atoms with van der Waals surface area (Å²) in [5, 5.41) is 11.4. The Labute approximate surface area is 145 Å². The molecule has 2 fully saturated rings. The predicted octanol–water partition coefficient (Wildman–Crippen LogP) is 2.28. The maximum atomic E-state index is 12.5. The van der Waals surface area contributed by atoms with Gasteiger partial charge in [-0.3, -0.25) is 4.79 Å². The molecule has 1 atom stereocenters. The highest BCUT2D eigenvalue weighted by molar-refractivity contribution is 6.32. The van der Waals surface area contributed by atoms with E-state index in [1.54, 1.807) is 4.68 Å². The highest BCUT2D eigenvalue weighted by Gasteiger charge is 2.32. The van der Waals surface area contributed by atoms with Gasteiger partial charge < -0.3 is 10.6 Å². The van der Waals surface area contributed by atoms with Gasteiger partial charge in [0.1, 0.15) is 5.82 Å². The molecule has 2 aromatic rings. The first kappa shape index (κ1) is 15.6. The number of amides is 1. The summed E-state index contributed by atoms with van der Waals surface area (Å²) in [6.07, 6.45) is 4.21. The van der Waals surface area contributed by atoms with Crippen molar-refractivity contribution in [2.24, 2.45) is 0 Å². The number of carbonyl (C=O) groups is 1. The first-order chi connectivity index (χ1) is 11.7. The van der Waals surface area contributed by atoms with Gasteiger partial charge in [0.2, 0.25) is 5.82 Å². The molecule has 1 unspecified atom stereocenters. The lowest BCUT2D eigenvalue weighted by molar-refractivity contribution is 0.0920. The number of nitrogens with one attached hydrogen (secondary N) is 2. The van der Waals surface area contributed by atoms with E-state index in [0.717, 1.165) is 50.3 Å². The Hall–Kier alpha value is -1.92. The Morgan fingerprint density at radius 1 is 1.29 bits per heavy atom. The molecule has 1 amide bonds. The Morgan fingerprint density at radius 2 is 2.12 bits per heavy atom. The molecule has 1 aliphatic carbocycles. The molecule has 0 radical (unpaired) electrons. The molecule has 1 saturated carbocycles. The third-order valence-electron chi connectivity index (χ3n) is 4.49. The number of para-hydroxylation sites is 1. The maximum Gasteiger partial charge on any atom is 0.291 e.